The molecule has 1 heterocycles. The minimum atomic E-state index is -0.547. The molecule has 1 aliphatic heterocycles. The first-order valence-electron chi connectivity index (χ1n) is 9.74. The number of rotatable bonds is 6. The molecule has 6 nitrogen and oxygen atoms in total. The van der Waals surface area contributed by atoms with Crippen LogP contribution in [0.25, 0.3) is 6.08 Å². The van der Waals surface area contributed by atoms with Crippen LogP contribution in [0.3, 0.4) is 0 Å². The second-order valence-electron chi connectivity index (χ2n) is 7.03. The van der Waals surface area contributed by atoms with E-state index in [1.54, 1.807) is 54.6 Å². The molecule has 0 aliphatic carbocycles. The molecule has 0 aromatic heterocycles. The second-order valence-corrected chi connectivity index (χ2v) is 8.31. The van der Waals surface area contributed by atoms with Crippen molar-refractivity contribution < 1.29 is 19.1 Å². The van der Waals surface area contributed by atoms with E-state index in [1.165, 1.54) is 18.2 Å². The Kier molecular flexibility index (Phi) is 6.79. The van der Waals surface area contributed by atoms with Gasteiger partial charge in [-0.05, 0) is 36.4 Å². The molecule has 2 amide bonds. The van der Waals surface area contributed by atoms with E-state index in [-0.39, 0.29) is 12.2 Å². The maximum atomic E-state index is 13.0. The van der Waals surface area contributed by atoms with Gasteiger partial charge in [0.1, 0.15) is 12.2 Å². The predicted molar refractivity (Wildman–Crippen MR) is 129 cm³/mol. The Hall–Kier alpha value is -3.19. The maximum Gasteiger partial charge on any atom is 0.282 e. The highest BCUT2D eigenvalue weighted by Gasteiger charge is 2.34. The van der Waals surface area contributed by atoms with Crippen LogP contribution in [-0.2, 0) is 16.2 Å². The fraction of sp³-hybridized carbons (Fsp3) is 0.0833. The van der Waals surface area contributed by atoms with Crippen LogP contribution < -0.4 is 19.9 Å². The lowest BCUT2D eigenvalue weighted by Crippen LogP contribution is -2.35. The Morgan fingerprint density at radius 2 is 1.73 bits per heavy atom. The minimum Gasteiger partial charge on any atom is -0.493 e. The summed E-state index contributed by atoms with van der Waals surface area (Å²) in [4.78, 5) is 25.6. The summed E-state index contributed by atoms with van der Waals surface area (Å²) in [5.41, 5.74) is 4.13. The van der Waals surface area contributed by atoms with E-state index in [0.29, 0.717) is 43.4 Å². The van der Waals surface area contributed by atoms with Gasteiger partial charge in [-0.15, -0.1) is 0 Å². The standard InChI is InChI=1S/C24H17Cl3N2O4/c1-32-21-12-17(26)9-15(22(21)33-13-14-7-8-16(25)11-20(14)27)10-19-23(30)28-29(24(19)31)18-5-3-2-4-6-18/h2-12H,13H2,1H3,(H,28,30)/b19-10-. The van der Waals surface area contributed by atoms with Gasteiger partial charge in [-0.25, -0.2) is 5.01 Å². The fourth-order valence-corrected chi connectivity index (χ4v) is 3.94. The van der Waals surface area contributed by atoms with E-state index in [9.17, 15) is 9.59 Å². The number of para-hydroxylation sites is 1. The van der Waals surface area contributed by atoms with Crippen LogP contribution in [0.1, 0.15) is 11.1 Å². The first-order chi connectivity index (χ1) is 15.9. The average molecular weight is 504 g/mol. The molecule has 0 radical (unpaired) electrons. The summed E-state index contributed by atoms with van der Waals surface area (Å²) >= 11 is 18.5. The number of benzene rings is 3. The van der Waals surface area contributed by atoms with Crippen molar-refractivity contribution in [3.8, 4) is 11.5 Å². The van der Waals surface area contributed by atoms with Crippen molar-refractivity contribution in [3.63, 3.8) is 0 Å². The summed E-state index contributed by atoms with van der Waals surface area (Å²) in [6.45, 7) is 0.0977. The normalized spacial score (nSPS) is 14.5. The molecule has 1 aliphatic rings. The van der Waals surface area contributed by atoms with E-state index in [0.717, 1.165) is 0 Å². The largest absolute Gasteiger partial charge is 0.493 e. The molecule has 0 spiro atoms. The highest BCUT2D eigenvalue weighted by Crippen LogP contribution is 2.37. The zero-order valence-electron chi connectivity index (χ0n) is 17.3. The topological polar surface area (TPSA) is 67.9 Å². The number of hydrogen-bond acceptors (Lipinski definition) is 4. The lowest BCUT2D eigenvalue weighted by Gasteiger charge is -2.15. The van der Waals surface area contributed by atoms with E-state index >= 15 is 0 Å². The Labute approximate surface area is 205 Å². The molecule has 3 aromatic carbocycles. The molecular formula is C24H17Cl3N2O4. The third-order valence-electron chi connectivity index (χ3n) is 4.86. The Bertz CT molecular complexity index is 1260. The van der Waals surface area contributed by atoms with Gasteiger partial charge in [-0.1, -0.05) is 59.1 Å². The van der Waals surface area contributed by atoms with Gasteiger partial charge < -0.3 is 9.47 Å². The van der Waals surface area contributed by atoms with Gasteiger partial charge in [-0.3, -0.25) is 15.0 Å². The van der Waals surface area contributed by atoms with Crippen molar-refractivity contribution in [2.75, 3.05) is 12.1 Å². The van der Waals surface area contributed by atoms with Gasteiger partial charge in [0, 0.05) is 32.3 Å². The van der Waals surface area contributed by atoms with Crippen molar-refractivity contribution in [1.82, 2.24) is 5.43 Å². The van der Waals surface area contributed by atoms with E-state index in [1.807, 2.05) is 6.07 Å². The van der Waals surface area contributed by atoms with Gasteiger partial charge in [-0.2, -0.15) is 0 Å². The summed E-state index contributed by atoms with van der Waals surface area (Å²) in [6.07, 6.45) is 1.42. The van der Waals surface area contributed by atoms with Crippen molar-refractivity contribution in [1.29, 1.82) is 0 Å². The molecule has 33 heavy (non-hydrogen) atoms. The van der Waals surface area contributed by atoms with Crippen LogP contribution in [0.4, 0.5) is 5.69 Å². The first kappa shape index (κ1) is 23.0. The number of halogens is 3. The molecular weight excluding hydrogens is 487 g/mol. The molecule has 0 saturated carbocycles. The molecule has 1 N–H and O–H groups in total. The third kappa shape index (κ3) is 4.93. The molecule has 0 atom stereocenters. The highest BCUT2D eigenvalue weighted by atomic mass is 35.5. The number of carbonyl (C=O) groups is 2. The molecule has 0 unspecified atom stereocenters. The molecule has 168 valence electrons. The average Bonchev–Trinajstić information content (AvgIpc) is 3.08. The number of nitrogens with one attached hydrogen (secondary N) is 1. The number of ether oxygens (including phenoxy) is 2. The molecule has 1 fully saturated rings. The zero-order valence-corrected chi connectivity index (χ0v) is 19.5. The van der Waals surface area contributed by atoms with Gasteiger partial charge in [0.25, 0.3) is 11.8 Å². The first-order valence-corrected chi connectivity index (χ1v) is 10.9. The molecule has 1 saturated heterocycles. The number of carbonyl (C=O) groups excluding carboxylic acids is 2. The van der Waals surface area contributed by atoms with Crippen LogP contribution in [-0.4, -0.2) is 18.9 Å². The number of amides is 2. The number of hydrogen-bond donors (Lipinski definition) is 1. The second kappa shape index (κ2) is 9.75. The lowest BCUT2D eigenvalue weighted by molar-refractivity contribution is -0.117. The third-order valence-corrected chi connectivity index (χ3v) is 5.67. The van der Waals surface area contributed by atoms with Crippen molar-refractivity contribution in [2.45, 2.75) is 6.61 Å². The maximum absolute atomic E-state index is 13.0. The van der Waals surface area contributed by atoms with Crippen LogP contribution >= 0.6 is 34.8 Å². The van der Waals surface area contributed by atoms with E-state index < -0.39 is 11.8 Å². The summed E-state index contributed by atoms with van der Waals surface area (Å²) < 4.78 is 11.4. The SMILES string of the molecule is COc1cc(Cl)cc(/C=C2/C(=O)NN(c3ccccc3)C2=O)c1OCc1ccc(Cl)cc1Cl. The predicted octanol–water partition coefficient (Wildman–Crippen LogP) is 5.70. The zero-order chi connectivity index (χ0) is 23.5. The van der Waals surface area contributed by atoms with Gasteiger partial charge in [0.05, 0.1) is 12.8 Å². The van der Waals surface area contributed by atoms with Crippen LogP contribution in [0.5, 0.6) is 11.5 Å². The fourth-order valence-electron chi connectivity index (χ4n) is 3.26. The van der Waals surface area contributed by atoms with Crippen molar-refractivity contribution in [3.05, 3.63) is 92.4 Å². The Morgan fingerprint density at radius 1 is 0.970 bits per heavy atom. The smallest absolute Gasteiger partial charge is 0.282 e. The summed E-state index contributed by atoms with van der Waals surface area (Å²) in [5, 5.41) is 2.48. The Balaban J connectivity index is 1.70. The van der Waals surface area contributed by atoms with Gasteiger partial charge >= 0.3 is 0 Å². The number of methoxy groups -OCH3 is 1. The summed E-state index contributed by atoms with van der Waals surface area (Å²) in [5.74, 6) is -0.407. The highest BCUT2D eigenvalue weighted by molar-refractivity contribution is 6.35. The molecule has 4 rings (SSSR count). The quantitative estimate of drug-likeness (QED) is 0.346. The van der Waals surface area contributed by atoms with Crippen molar-refractivity contribution >= 4 is 58.4 Å². The molecule has 3 aromatic rings. The van der Waals surface area contributed by atoms with Crippen LogP contribution in [0, 0.1) is 0 Å². The number of nitrogens with zero attached hydrogens (tertiary/aromatic N) is 1. The monoisotopic (exact) mass is 502 g/mol. The van der Waals surface area contributed by atoms with E-state index in [4.69, 9.17) is 44.3 Å². The van der Waals surface area contributed by atoms with Crippen molar-refractivity contribution in [2.24, 2.45) is 0 Å². The number of hydrazine groups is 1. The van der Waals surface area contributed by atoms with Crippen LogP contribution in [0.2, 0.25) is 15.1 Å². The van der Waals surface area contributed by atoms with Gasteiger partial charge in [0.2, 0.25) is 0 Å². The lowest BCUT2D eigenvalue weighted by atomic mass is 10.1. The number of anilines is 1. The summed E-state index contributed by atoms with van der Waals surface area (Å²) in [6, 6.07) is 17.0. The van der Waals surface area contributed by atoms with Crippen LogP contribution in [0.15, 0.2) is 66.2 Å². The molecule has 9 heteroatoms. The van der Waals surface area contributed by atoms with Gasteiger partial charge in [0.15, 0.2) is 11.5 Å². The Morgan fingerprint density at radius 3 is 2.42 bits per heavy atom. The van der Waals surface area contributed by atoms with E-state index in [2.05, 4.69) is 5.43 Å². The minimum absolute atomic E-state index is 0.0717. The summed E-state index contributed by atoms with van der Waals surface area (Å²) in [7, 11) is 1.47. The molecule has 0 bridgehead atoms.